The number of aliphatic hydroxyl groups is 4. The number of methoxy groups -OCH3 is 2. The topological polar surface area (TPSA) is 207 Å². The van der Waals surface area contributed by atoms with Gasteiger partial charge in [-0.15, -0.1) is 0 Å². The van der Waals surface area contributed by atoms with Gasteiger partial charge in [-0.3, -0.25) is 0 Å². The Morgan fingerprint density at radius 1 is 0.741 bits per heavy atom. The van der Waals surface area contributed by atoms with Gasteiger partial charge in [0.15, 0.2) is 12.6 Å². The van der Waals surface area contributed by atoms with Gasteiger partial charge in [-0.1, -0.05) is 0 Å². The van der Waals surface area contributed by atoms with Crippen LogP contribution < -0.4 is 10.2 Å². The van der Waals surface area contributed by atoms with Gasteiger partial charge in [0.05, 0.1) is 11.9 Å². The molecule has 0 aromatic carbocycles. The molecule has 0 radical (unpaired) electrons. The van der Waals surface area contributed by atoms with Crippen LogP contribution in [-0.4, -0.2) is 108 Å². The van der Waals surface area contributed by atoms with E-state index in [4.69, 9.17) is 23.7 Å². The molecular weight excluding hydrogens is 376 g/mol. The van der Waals surface area contributed by atoms with Gasteiger partial charge in [-0.05, 0) is 0 Å². The van der Waals surface area contributed by atoms with Crippen LogP contribution in [0.25, 0.3) is 0 Å². The Bertz CT molecular complexity index is 495. The standard InChI is InChI=1S/C14H22O13/c1-23-13-5(17)3(15)7(9(26-13)11(19)20)25-8-4(16)6(18)14(24-2)27-10(8)12(21)22/h3-10,13-18H,1-2H3,(H,19,20)(H,21,22)/p-2/t3?,4?,5?,6?,7-,8+,9+,10-,13+,14-. The zero-order chi connectivity index (χ0) is 20.5. The van der Waals surface area contributed by atoms with Gasteiger partial charge in [0.1, 0.15) is 48.8 Å². The molecule has 2 rings (SSSR count). The Balaban J connectivity index is 2.29. The summed E-state index contributed by atoms with van der Waals surface area (Å²) in [5, 5.41) is 62.8. The quantitative estimate of drug-likeness (QED) is 0.330. The predicted octanol–water partition coefficient (Wildman–Crippen LogP) is -6.57. The second kappa shape index (κ2) is 8.72. The van der Waals surface area contributed by atoms with E-state index < -0.39 is 73.4 Å². The van der Waals surface area contributed by atoms with E-state index in [0.29, 0.717) is 0 Å². The lowest BCUT2D eigenvalue weighted by atomic mass is 9.95. The number of carbonyl (C=O) groups is 2. The van der Waals surface area contributed by atoms with E-state index in [9.17, 15) is 40.2 Å². The first-order valence-electron chi connectivity index (χ1n) is 7.80. The van der Waals surface area contributed by atoms with E-state index in [2.05, 4.69) is 0 Å². The Morgan fingerprint density at radius 3 is 1.33 bits per heavy atom. The van der Waals surface area contributed by atoms with Crippen LogP contribution in [-0.2, 0) is 33.3 Å². The molecule has 0 aromatic rings. The zero-order valence-corrected chi connectivity index (χ0v) is 14.2. The SMILES string of the molecule is CO[C@H]1O[C@H](C(=O)[O-])[C@H](O[C@H]2C(O)C(O)[C@H](OC)O[C@H]2C(=O)[O-])C(O)C1O. The molecule has 0 aromatic heterocycles. The average molecular weight is 396 g/mol. The lowest BCUT2D eigenvalue weighted by Crippen LogP contribution is -2.68. The molecule has 4 unspecified atom stereocenters. The summed E-state index contributed by atoms with van der Waals surface area (Å²) in [6.07, 6.45) is -18.3. The molecule has 0 bridgehead atoms. The van der Waals surface area contributed by atoms with Crippen LogP contribution in [0.1, 0.15) is 0 Å². The van der Waals surface area contributed by atoms with Crippen molar-refractivity contribution in [1.82, 2.24) is 0 Å². The molecule has 2 heterocycles. The molecule has 2 saturated heterocycles. The van der Waals surface area contributed by atoms with Crippen molar-refractivity contribution in [3.8, 4) is 0 Å². The van der Waals surface area contributed by atoms with Gasteiger partial charge in [0.2, 0.25) is 0 Å². The fourth-order valence-electron chi connectivity index (χ4n) is 2.93. The van der Waals surface area contributed by atoms with Crippen molar-refractivity contribution in [3.05, 3.63) is 0 Å². The van der Waals surface area contributed by atoms with Crippen molar-refractivity contribution in [1.29, 1.82) is 0 Å². The van der Waals surface area contributed by atoms with Crippen molar-refractivity contribution in [2.45, 2.75) is 61.4 Å². The van der Waals surface area contributed by atoms with Gasteiger partial charge in [-0.2, -0.15) is 0 Å². The second-order valence-electron chi connectivity index (χ2n) is 5.99. The maximum atomic E-state index is 11.3. The summed E-state index contributed by atoms with van der Waals surface area (Å²) in [5.41, 5.74) is 0. The fourth-order valence-corrected chi connectivity index (χ4v) is 2.93. The lowest BCUT2D eigenvalue weighted by Gasteiger charge is -2.47. The van der Waals surface area contributed by atoms with Crippen LogP contribution >= 0.6 is 0 Å². The molecule has 156 valence electrons. The highest BCUT2D eigenvalue weighted by Crippen LogP contribution is 2.30. The summed E-state index contributed by atoms with van der Waals surface area (Å²) in [6, 6.07) is 0. The summed E-state index contributed by atoms with van der Waals surface area (Å²) in [7, 11) is 2.17. The Morgan fingerprint density at radius 2 is 1.07 bits per heavy atom. The van der Waals surface area contributed by atoms with E-state index in [-0.39, 0.29) is 0 Å². The van der Waals surface area contributed by atoms with Gasteiger partial charge in [0, 0.05) is 14.2 Å². The highest BCUT2D eigenvalue weighted by atomic mass is 16.7. The summed E-state index contributed by atoms with van der Waals surface area (Å²) < 4.78 is 24.5. The van der Waals surface area contributed by atoms with Crippen LogP contribution in [0.4, 0.5) is 0 Å². The molecule has 2 fully saturated rings. The fraction of sp³-hybridized carbons (Fsp3) is 0.857. The maximum Gasteiger partial charge on any atom is 0.186 e. The number of hydrogen-bond donors (Lipinski definition) is 4. The Kier molecular flexibility index (Phi) is 7.07. The third kappa shape index (κ3) is 4.21. The number of aliphatic carboxylic acids is 2. The first-order chi connectivity index (χ1) is 12.6. The van der Waals surface area contributed by atoms with Gasteiger partial charge in [0.25, 0.3) is 0 Å². The van der Waals surface area contributed by atoms with Crippen molar-refractivity contribution in [2.24, 2.45) is 0 Å². The molecule has 2 aliphatic rings. The smallest absolute Gasteiger partial charge is 0.186 e. The largest absolute Gasteiger partial charge is 0.547 e. The Labute approximate surface area is 152 Å². The molecule has 0 aliphatic carbocycles. The maximum absolute atomic E-state index is 11.3. The normalized spacial score (nSPS) is 45.4. The molecule has 2 aliphatic heterocycles. The minimum atomic E-state index is -2.00. The summed E-state index contributed by atoms with van der Waals surface area (Å²) in [6.45, 7) is 0. The third-order valence-corrected chi connectivity index (χ3v) is 4.33. The molecule has 0 spiro atoms. The summed E-state index contributed by atoms with van der Waals surface area (Å²) in [5.74, 6) is -3.72. The minimum Gasteiger partial charge on any atom is -0.547 e. The number of ether oxygens (including phenoxy) is 5. The van der Waals surface area contributed by atoms with Gasteiger partial charge < -0.3 is 63.9 Å². The molecule has 4 N–H and O–H groups in total. The average Bonchev–Trinajstić information content (AvgIpc) is 2.62. The van der Waals surface area contributed by atoms with E-state index in [1.165, 1.54) is 0 Å². The van der Waals surface area contributed by atoms with Crippen molar-refractivity contribution < 1.29 is 63.9 Å². The van der Waals surface area contributed by atoms with Crippen LogP contribution in [0, 0.1) is 0 Å². The summed E-state index contributed by atoms with van der Waals surface area (Å²) in [4.78, 5) is 22.6. The Hall–Kier alpha value is -1.42. The van der Waals surface area contributed by atoms with Crippen LogP contribution in [0.5, 0.6) is 0 Å². The number of carbonyl (C=O) groups excluding carboxylic acids is 2. The van der Waals surface area contributed by atoms with E-state index in [1.54, 1.807) is 0 Å². The van der Waals surface area contributed by atoms with Gasteiger partial charge >= 0.3 is 0 Å². The third-order valence-electron chi connectivity index (χ3n) is 4.33. The molecule has 0 saturated carbocycles. The van der Waals surface area contributed by atoms with Crippen molar-refractivity contribution in [3.63, 3.8) is 0 Å². The highest BCUT2D eigenvalue weighted by Gasteiger charge is 2.52. The highest BCUT2D eigenvalue weighted by molar-refractivity contribution is 5.72. The van der Waals surface area contributed by atoms with Crippen LogP contribution in [0.2, 0.25) is 0 Å². The van der Waals surface area contributed by atoms with E-state index >= 15 is 0 Å². The van der Waals surface area contributed by atoms with Gasteiger partial charge in [-0.25, -0.2) is 0 Å². The lowest BCUT2D eigenvalue weighted by molar-refractivity contribution is -0.372. The van der Waals surface area contributed by atoms with E-state index in [0.717, 1.165) is 14.2 Å². The zero-order valence-electron chi connectivity index (χ0n) is 14.2. The molecule has 10 atom stereocenters. The molecular formula is C14H20O13-2. The number of carboxylic acids is 2. The number of rotatable bonds is 6. The van der Waals surface area contributed by atoms with E-state index in [1.807, 2.05) is 0 Å². The molecule has 27 heavy (non-hydrogen) atoms. The van der Waals surface area contributed by atoms with Crippen molar-refractivity contribution >= 4 is 11.9 Å². The number of hydrogen-bond acceptors (Lipinski definition) is 13. The molecule has 13 nitrogen and oxygen atoms in total. The summed E-state index contributed by atoms with van der Waals surface area (Å²) >= 11 is 0. The first-order valence-corrected chi connectivity index (χ1v) is 7.80. The first kappa shape index (κ1) is 21.9. The number of carboxylic acid groups (broad SMARTS) is 2. The molecule has 13 heteroatoms. The second-order valence-corrected chi connectivity index (χ2v) is 5.99. The molecule has 0 amide bonds. The predicted molar refractivity (Wildman–Crippen MR) is 74.0 cm³/mol. The van der Waals surface area contributed by atoms with Crippen LogP contribution in [0.3, 0.4) is 0 Å². The minimum absolute atomic E-state index is 1.08. The number of aliphatic hydroxyl groups excluding tert-OH is 4. The van der Waals surface area contributed by atoms with Crippen molar-refractivity contribution in [2.75, 3.05) is 14.2 Å². The monoisotopic (exact) mass is 396 g/mol. The van der Waals surface area contributed by atoms with Crippen LogP contribution in [0.15, 0.2) is 0 Å².